The summed E-state index contributed by atoms with van der Waals surface area (Å²) in [4.78, 5) is 6.79. The number of pyridine rings is 1. The number of hydrogen-bond acceptors (Lipinski definition) is 6. The van der Waals surface area contributed by atoms with Gasteiger partial charge in [0.05, 0.1) is 17.3 Å². The molecule has 7 nitrogen and oxygen atoms in total. The van der Waals surface area contributed by atoms with Crippen LogP contribution in [0.4, 0.5) is 5.82 Å². The average molecular weight is 388 g/mol. The van der Waals surface area contributed by atoms with Crippen molar-refractivity contribution in [1.82, 2.24) is 14.8 Å². The van der Waals surface area contributed by atoms with Gasteiger partial charge in [-0.25, -0.2) is 4.68 Å². The average Bonchev–Trinajstić information content (AvgIpc) is 3.14. The molecule has 0 spiro atoms. The van der Waals surface area contributed by atoms with Gasteiger partial charge in [0.15, 0.2) is 5.82 Å². The number of piperidine rings is 1. The fourth-order valence-corrected chi connectivity index (χ4v) is 3.51. The number of rotatable bonds is 5. The van der Waals surface area contributed by atoms with Crippen LogP contribution in [0.15, 0.2) is 42.6 Å². The van der Waals surface area contributed by atoms with Crippen molar-refractivity contribution in [3.05, 3.63) is 53.7 Å². The van der Waals surface area contributed by atoms with Crippen molar-refractivity contribution < 1.29 is 4.74 Å². The second-order valence-electron chi connectivity index (χ2n) is 7.19. The second-order valence-corrected chi connectivity index (χ2v) is 7.19. The lowest BCUT2D eigenvalue weighted by Gasteiger charge is -2.26. The lowest BCUT2D eigenvalue weighted by atomic mass is 10.1. The first-order valence-corrected chi connectivity index (χ1v) is 9.84. The zero-order valence-electron chi connectivity index (χ0n) is 16.5. The highest BCUT2D eigenvalue weighted by molar-refractivity contribution is 5.69. The van der Waals surface area contributed by atoms with Crippen molar-refractivity contribution in [3.63, 3.8) is 0 Å². The van der Waals surface area contributed by atoms with Crippen molar-refractivity contribution in [1.29, 1.82) is 5.26 Å². The number of nitriles is 1. The largest absolute Gasteiger partial charge is 0.438 e. The van der Waals surface area contributed by atoms with Crippen LogP contribution in [0.5, 0.6) is 11.6 Å². The predicted octanol–water partition coefficient (Wildman–Crippen LogP) is 3.60. The first-order valence-electron chi connectivity index (χ1n) is 9.84. The normalized spacial score (nSPS) is 13.9. The standard InChI is InChI=1S/C22H24N6O/c1-27-22(12-21(26-27)28-9-3-2-4-10-28)29-20-11-16(13-23)5-7-18(20)19-8-6-17(14-24)15-25-19/h5-8,11-12,15H,2-4,9-10,14,24H2,1H3. The van der Waals surface area contributed by atoms with E-state index in [1.807, 2.05) is 31.3 Å². The van der Waals surface area contributed by atoms with Gasteiger partial charge in [0, 0.05) is 44.5 Å². The van der Waals surface area contributed by atoms with Crippen LogP contribution in [0.3, 0.4) is 0 Å². The van der Waals surface area contributed by atoms with Gasteiger partial charge >= 0.3 is 0 Å². The maximum atomic E-state index is 9.33. The minimum Gasteiger partial charge on any atom is -0.438 e. The Morgan fingerprint density at radius 1 is 1.14 bits per heavy atom. The van der Waals surface area contributed by atoms with Crippen LogP contribution in [0.2, 0.25) is 0 Å². The van der Waals surface area contributed by atoms with E-state index < -0.39 is 0 Å². The van der Waals surface area contributed by atoms with Crippen molar-refractivity contribution in [2.75, 3.05) is 18.0 Å². The van der Waals surface area contributed by atoms with E-state index in [4.69, 9.17) is 10.5 Å². The Balaban J connectivity index is 1.67. The van der Waals surface area contributed by atoms with Crippen molar-refractivity contribution in [2.45, 2.75) is 25.8 Å². The number of nitrogens with two attached hydrogens (primary N) is 1. The maximum Gasteiger partial charge on any atom is 0.219 e. The van der Waals surface area contributed by atoms with Gasteiger partial charge in [-0.05, 0) is 49.1 Å². The second kappa shape index (κ2) is 8.33. The fourth-order valence-electron chi connectivity index (χ4n) is 3.51. The lowest BCUT2D eigenvalue weighted by molar-refractivity contribution is 0.432. The van der Waals surface area contributed by atoms with Gasteiger partial charge < -0.3 is 15.4 Å². The molecule has 3 aromatic rings. The predicted molar refractivity (Wildman–Crippen MR) is 112 cm³/mol. The third kappa shape index (κ3) is 4.08. The van der Waals surface area contributed by atoms with Crippen LogP contribution in [0, 0.1) is 11.3 Å². The molecule has 148 valence electrons. The van der Waals surface area contributed by atoms with E-state index in [1.54, 1.807) is 23.0 Å². The molecule has 0 unspecified atom stereocenters. The smallest absolute Gasteiger partial charge is 0.219 e. The van der Waals surface area contributed by atoms with Gasteiger partial charge in [-0.1, -0.05) is 6.07 Å². The number of aryl methyl sites for hydroxylation is 1. The fraction of sp³-hybridized carbons (Fsp3) is 0.318. The molecular formula is C22H24N6O. The first kappa shape index (κ1) is 19.0. The molecule has 1 aromatic carbocycles. The highest BCUT2D eigenvalue weighted by Crippen LogP contribution is 2.34. The quantitative estimate of drug-likeness (QED) is 0.718. The summed E-state index contributed by atoms with van der Waals surface area (Å²) in [5.41, 5.74) is 8.74. The molecular weight excluding hydrogens is 364 g/mol. The summed E-state index contributed by atoms with van der Waals surface area (Å²) in [5.74, 6) is 2.12. The molecule has 3 heterocycles. The zero-order valence-corrected chi connectivity index (χ0v) is 16.5. The summed E-state index contributed by atoms with van der Waals surface area (Å²) in [6, 6.07) is 13.4. The summed E-state index contributed by atoms with van der Waals surface area (Å²) < 4.78 is 7.96. The number of hydrogen-bond donors (Lipinski definition) is 1. The van der Waals surface area contributed by atoms with E-state index in [1.165, 1.54) is 19.3 Å². The number of benzene rings is 1. The summed E-state index contributed by atoms with van der Waals surface area (Å²) in [6.45, 7) is 2.48. The molecule has 29 heavy (non-hydrogen) atoms. The van der Waals surface area contributed by atoms with Crippen molar-refractivity contribution >= 4 is 5.82 Å². The Hall–Kier alpha value is -3.37. The molecule has 0 amide bonds. The van der Waals surface area contributed by atoms with E-state index >= 15 is 0 Å². The van der Waals surface area contributed by atoms with E-state index in [0.717, 1.165) is 35.7 Å². The molecule has 7 heteroatoms. The van der Waals surface area contributed by atoms with Gasteiger partial charge in [0.1, 0.15) is 5.75 Å². The van der Waals surface area contributed by atoms with Crippen LogP contribution in [-0.2, 0) is 13.6 Å². The molecule has 0 saturated carbocycles. The number of aromatic nitrogens is 3. The van der Waals surface area contributed by atoms with Gasteiger partial charge in [0.25, 0.3) is 0 Å². The van der Waals surface area contributed by atoms with Gasteiger partial charge in [-0.2, -0.15) is 10.4 Å². The summed E-state index contributed by atoms with van der Waals surface area (Å²) in [6.07, 6.45) is 5.40. The molecule has 2 N–H and O–H groups in total. The Morgan fingerprint density at radius 2 is 1.97 bits per heavy atom. The highest BCUT2D eigenvalue weighted by atomic mass is 16.5. The van der Waals surface area contributed by atoms with Crippen LogP contribution in [0.25, 0.3) is 11.3 Å². The molecule has 0 aliphatic carbocycles. The topological polar surface area (TPSA) is 93.0 Å². The summed E-state index contributed by atoms with van der Waals surface area (Å²) in [5, 5.41) is 13.9. The highest BCUT2D eigenvalue weighted by Gasteiger charge is 2.18. The van der Waals surface area contributed by atoms with E-state index in [0.29, 0.717) is 23.7 Å². The van der Waals surface area contributed by atoms with Crippen LogP contribution < -0.4 is 15.4 Å². The number of ether oxygens (including phenoxy) is 1. The molecule has 4 rings (SSSR count). The van der Waals surface area contributed by atoms with Gasteiger partial charge in [-0.15, -0.1) is 0 Å². The Bertz CT molecular complexity index is 1030. The van der Waals surface area contributed by atoms with Crippen LogP contribution in [-0.4, -0.2) is 27.9 Å². The Labute approximate surface area is 170 Å². The van der Waals surface area contributed by atoms with E-state index in [2.05, 4.69) is 21.1 Å². The van der Waals surface area contributed by atoms with Crippen molar-refractivity contribution in [2.24, 2.45) is 12.8 Å². The molecule has 2 aromatic heterocycles. The van der Waals surface area contributed by atoms with Crippen LogP contribution in [0.1, 0.15) is 30.4 Å². The van der Waals surface area contributed by atoms with Crippen molar-refractivity contribution in [3.8, 4) is 29.0 Å². The number of anilines is 1. The summed E-state index contributed by atoms with van der Waals surface area (Å²) >= 11 is 0. The SMILES string of the molecule is Cn1nc(N2CCCCC2)cc1Oc1cc(C#N)ccc1-c1ccc(CN)cn1. The molecule has 0 radical (unpaired) electrons. The minimum absolute atomic E-state index is 0.443. The third-order valence-electron chi connectivity index (χ3n) is 5.17. The zero-order chi connectivity index (χ0) is 20.2. The van der Waals surface area contributed by atoms with Crippen LogP contribution >= 0.6 is 0 Å². The lowest BCUT2D eigenvalue weighted by Crippen LogP contribution is -2.29. The molecule has 1 aliphatic rings. The first-order chi connectivity index (χ1) is 14.2. The monoisotopic (exact) mass is 388 g/mol. The Morgan fingerprint density at radius 3 is 2.66 bits per heavy atom. The summed E-state index contributed by atoms with van der Waals surface area (Å²) in [7, 11) is 1.87. The number of nitrogens with zero attached hydrogens (tertiary/aromatic N) is 5. The molecule has 0 bridgehead atoms. The minimum atomic E-state index is 0.443. The third-order valence-corrected chi connectivity index (χ3v) is 5.17. The molecule has 0 atom stereocenters. The van der Waals surface area contributed by atoms with E-state index in [9.17, 15) is 5.26 Å². The molecule has 1 saturated heterocycles. The molecule has 1 aliphatic heterocycles. The van der Waals surface area contributed by atoms with E-state index in [-0.39, 0.29) is 0 Å². The molecule has 1 fully saturated rings. The van der Waals surface area contributed by atoms with Gasteiger partial charge in [-0.3, -0.25) is 4.98 Å². The van der Waals surface area contributed by atoms with Gasteiger partial charge in [0.2, 0.25) is 5.88 Å². The Kier molecular flexibility index (Phi) is 5.45. The maximum absolute atomic E-state index is 9.33.